The zero-order chi connectivity index (χ0) is 20.3. The molecule has 148 valence electrons. The van der Waals surface area contributed by atoms with E-state index in [0.717, 1.165) is 25.9 Å². The van der Waals surface area contributed by atoms with Crippen LogP contribution in [0.4, 0.5) is 15.8 Å². The Morgan fingerprint density at radius 3 is 2.57 bits per heavy atom. The van der Waals surface area contributed by atoms with Crippen LogP contribution < -0.4 is 9.64 Å². The van der Waals surface area contributed by atoms with Gasteiger partial charge >= 0.3 is 0 Å². The van der Waals surface area contributed by atoms with Crippen molar-refractivity contribution in [1.82, 2.24) is 4.90 Å². The van der Waals surface area contributed by atoms with Crippen molar-refractivity contribution in [3.05, 3.63) is 63.5 Å². The summed E-state index contributed by atoms with van der Waals surface area (Å²) < 4.78 is 18.8. The van der Waals surface area contributed by atoms with E-state index in [-0.39, 0.29) is 29.5 Å². The molecule has 28 heavy (non-hydrogen) atoms. The fourth-order valence-electron chi connectivity index (χ4n) is 3.40. The van der Waals surface area contributed by atoms with Crippen LogP contribution in [0.3, 0.4) is 0 Å². The van der Waals surface area contributed by atoms with Gasteiger partial charge in [0.2, 0.25) is 0 Å². The Hall–Kier alpha value is -3.16. The van der Waals surface area contributed by atoms with Gasteiger partial charge in [0, 0.05) is 38.8 Å². The number of benzene rings is 2. The van der Waals surface area contributed by atoms with Crippen LogP contribution in [-0.2, 0) is 6.54 Å². The number of amides is 1. The van der Waals surface area contributed by atoms with Crippen molar-refractivity contribution in [3.8, 4) is 5.75 Å². The first-order valence-electron chi connectivity index (χ1n) is 9.02. The molecule has 0 aliphatic carbocycles. The van der Waals surface area contributed by atoms with Gasteiger partial charge in [0.25, 0.3) is 11.6 Å². The average molecular weight is 387 g/mol. The largest absolute Gasteiger partial charge is 0.494 e. The maximum Gasteiger partial charge on any atom is 0.270 e. The van der Waals surface area contributed by atoms with Crippen molar-refractivity contribution in [2.45, 2.75) is 19.4 Å². The SMILES string of the molecule is COc1ccc(CN(C)C(=O)c2cc([N+](=O)[O-])ccc2N2CCCC2)cc1F. The molecule has 8 heteroatoms. The van der Waals surface area contributed by atoms with Crippen molar-refractivity contribution in [3.63, 3.8) is 0 Å². The lowest BCUT2D eigenvalue weighted by atomic mass is 10.1. The summed E-state index contributed by atoms with van der Waals surface area (Å²) in [5.74, 6) is -0.719. The smallest absolute Gasteiger partial charge is 0.270 e. The lowest BCUT2D eigenvalue weighted by Crippen LogP contribution is -2.29. The van der Waals surface area contributed by atoms with Gasteiger partial charge in [-0.2, -0.15) is 0 Å². The summed E-state index contributed by atoms with van der Waals surface area (Å²) in [6.07, 6.45) is 2.04. The minimum Gasteiger partial charge on any atom is -0.494 e. The van der Waals surface area contributed by atoms with Crippen LogP contribution in [0.5, 0.6) is 5.75 Å². The van der Waals surface area contributed by atoms with Gasteiger partial charge in [0.15, 0.2) is 11.6 Å². The number of nitrogens with zero attached hydrogens (tertiary/aromatic N) is 3. The molecule has 1 aliphatic rings. The lowest BCUT2D eigenvalue weighted by molar-refractivity contribution is -0.384. The highest BCUT2D eigenvalue weighted by Gasteiger charge is 2.24. The number of halogens is 1. The van der Waals surface area contributed by atoms with Gasteiger partial charge in [-0.15, -0.1) is 0 Å². The minimum atomic E-state index is -0.511. The first-order valence-corrected chi connectivity index (χ1v) is 9.02. The highest BCUT2D eigenvalue weighted by atomic mass is 19.1. The second-order valence-corrected chi connectivity index (χ2v) is 6.78. The number of methoxy groups -OCH3 is 1. The third-order valence-corrected chi connectivity index (χ3v) is 4.85. The summed E-state index contributed by atoms with van der Waals surface area (Å²) in [6.45, 7) is 1.79. The van der Waals surface area contributed by atoms with E-state index in [1.165, 1.54) is 36.3 Å². The predicted molar refractivity (Wildman–Crippen MR) is 103 cm³/mol. The molecular formula is C20H22FN3O4. The average Bonchev–Trinajstić information content (AvgIpc) is 3.21. The zero-order valence-corrected chi connectivity index (χ0v) is 15.9. The number of hydrogen-bond donors (Lipinski definition) is 0. The van der Waals surface area contributed by atoms with Crippen LogP contribution in [0.15, 0.2) is 36.4 Å². The number of carbonyl (C=O) groups excluding carboxylic acids is 1. The van der Waals surface area contributed by atoms with Gasteiger partial charge in [-0.05, 0) is 36.6 Å². The van der Waals surface area contributed by atoms with Gasteiger partial charge in [0.1, 0.15) is 0 Å². The standard InChI is InChI=1S/C20H22FN3O4/c1-22(13-14-5-8-19(28-2)17(21)11-14)20(25)16-12-15(24(26)27)6-7-18(16)23-9-3-4-10-23/h5-8,11-12H,3-4,9-10,13H2,1-2H3. The third kappa shape index (κ3) is 4.05. The molecule has 1 heterocycles. The van der Waals surface area contributed by atoms with E-state index >= 15 is 0 Å². The summed E-state index contributed by atoms with van der Waals surface area (Å²) in [6, 6.07) is 8.88. The highest BCUT2D eigenvalue weighted by molar-refractivity contribution is 6.00. The van der Waals surface area contributed by atoms with Gasteiger partial charge in [-0.3, -0.25) is 14.9 Å². The minimum absolute atomic E-state index is 0.129. The molecule has 0 aromatic heterocycles. The summed E-state index contributed by atoms with van der Waals surface area (Å²) in [7, 11) is 2.98. The Balaban J connectivity index is 1.88. The van der Waals surface area contributed by atoms with Crippen LogP contribution in [-0.4, -0.2) is 43.0 Å². The van der Waals surface area contributed by atoms with E-state index in [9.17, 15) is 19.3 Å². The van der Waals surface area contributed by atoms with Crippen LogP contribution in [0, 0.1) is 15.9 Å². The van der Waals surface area contributed by atoms with Crippen molar-refractivity contribution >= 4 is 17.3 Å². The number of nitro groups is 1. The fourth-order valence-corrected chi connectivity index (χ4v) is 3.40. The lowest BCUT2D eigenvalue weighted by Gasteiger charge is -2.24. The van der Waals surface area contributed by atoms with Crippen LogP contribution in [0.1, 0.15) is 28.8 Å². The molecule has 1 amide bonds. The van der Waals surface area contributed by atoms with E-state index in [2.05, 4.69) is 4.90 Å². The summed E-state index contributed by atoms with van der Waals surface area (Å²) >= 11 is 0. The molecule has 3 rings (SSSR count). The molecule has 0 bridgehead atoms. The van der Waals surface area contributed by atoms with Crippen LogP contribution >= 0.6 is 0 Å². The Morgan fingerprint density at radius 1 is 1.25 bits per heavy atom. The van der Waals surface area contributed by atoms with E-state index < -0.39 is 10.7 Å². The molecule has 0 unspecified atom stereocenters. The number of rotatable bonds is 6. The van der Waals surface area contributed by atoms with E-state index in [4.69, 9.17) is 4.74 Å². The molecule has 2 aromatic carbocycles. The Kier molecular flexibility index (Phi) is 5.77. The Morgan fingerprint density at radius 2 is 1.96 bits per heavy atom. The second kappa shape index (κ2) is 8.24. The first kappa shape index (κ1) is 19.6. The van der Waals surface area contributed by atoms with Gasteiger partial charge in [-0.1, -0.05) is 6.07 Å². The quantitative estimate of drug-likeness (QED) is 0.559. The topological polar surface area (TPSA) is 75.9 Å². The number of hydrogen-bond acceptors (Lipinski definition) is 5. The summed E-state index contributed by atoms with van der Waals surface area (Å²) in [4.78, 5) is 27.2. The number of nitro benzene ring substituents is 1. The van der Waals surface area contributed by atoms with E-state index in [0.29, 0.717) is 11.3 Å². The summed E-state index contributed by atoms with van der Waals surface area (Å²) in [5.41, 5.74) is 1.45. The molecule has 0 N–H and O–H groups in total. The summed E-state index contributed by atoms with van der Waals surface area (Å²) in [5, 5.41) is 11.2. The number of non-ortho nitro benzene ring substituents is 1. The van der Waals surface area contributed by atoms with Crippen LogP contribution in [0.25, 0.3) is 0 Å². The molecule has 1 aliphatic heterocycles. The molecule has 7 nitrogen and oxygen atoms in total. The van der Waals surface area contributed by atoms with Crippen molar-refractivity contribution in [2.75, 3.05) is 32.1 Å². The maximum absolute atomic E-state index is 13.9. The first-order chi connectivity index (χ1) is 13.4. The normalized spacial score (nSPS) is 13.5. The number of ether oxygens (including phenoxy) is 1. The molecule has 0 radical (unpaired) electrons. The van der Waals surface area contributed by atoms with E-state index in [1.54, 1.807) is 19.2 Å². The van der Waals surface area contributed by atoms with Crippen LogP contribution in [0.2, 0.25) is 0 Å². The molecule has 1 saturated heterocycles. The van der Waals surface area contributed by atoms with Crippen molar-refractivity contribution in [2.24, 2.45) is 0 Å². The molecule has 0 saturated carbocycles. The highest BCUT2D eigenvalue weighted by Crippen LogP contribution is 2.29. The Bertz CT molecular complexity index is 897. The van der Waals surface area contributed by atoms with Gasteiger partial charge < -0.3 is 14.5 Å². The second-order valence-electron chi connectivity index (χ2n) is 6.78. The predicted octanol–water partition coefficient (Wildman–Crippen LogP) is 3.61. The molecular weight excluding hydrogens is 365 g/mol. The maximum atomic E-state index is 13.9. The number of anilines is 1. The van der Waals surface area contributed by atoms with Gasteiger partial charge in [-0.25, -0.2) is 4.39 Å². The van der Waals surface area contributed by atoms with Crippen molar-refractivity contribution in [1.29, 1.82) is 0 Å². The fraction of sp³-hybridized carbons (Fsp3) is 0.350. The molecule has 0 spiro atoms. The Labute approximate surface area is 162 Å². The monoisotopic (exact) mass is 387 g/mol. The molecule has 0 atom stereocenters. The van der Waals surface area contributed by atoms with E-state index in [1.807, 2.05) is 0 Å². The number of carbonyl (C=O) groups is 1. The van der Waals surface area contributed by atoms with Gasteiger partial charge in [0.05, 0.1) is 23.3 Å². The third-order valence-electron chi connectivity index (χ3n) is 4.85. The van der Waals surface area contributed by atoms with Crippen molar-refractivity contribution < 1.29 is 18.8 Å². The molecule has 2 aromatic rings. The zero-order valence-electron chi connectivity index (χ0n) is 15.9. The molecule has 1 fully saturated rings.